The Labute approximate surface area is 170 Å². The molecule has 0 saturated heterocycles. The van der Waals surface area contributed by atoms with Gasteiger partial charge in [-0.25, -0.2) is 4.79 Å². The maximum Gasteiger partial charge on any atom is 0.338 e. The van der Waals surface area contributed by atoms with Gasteiger partial charge in [-0.1, -0.05) is 18.2 Å². The van der Waals surface area contributed by atoms with E-state index in [9.17, 15) is 14.4 Å². The summed E-state index contributed by atoms with van der Waals surface area (Å²) in [5, 5.41) is 2.61. The summed E-state index contributed by atoms with van der Waals surface area (Å²) in [5.41, 5.74) is 1.77. The number of carbonyl (C=O) groups excluding carboxylic acids is 3. The molecule has 0 atom stereocenters. The molecule has 0 bridgehead atoms. The van der Waals surface area contributed by atoms with Crippen molar-refractivity contribution in [3.05, 3.63) is 59.7 Å². The number of esters is 2. The van der Waals surface area contributed by atoms with Crippen molar-refractivity contribution in [3.8, 4) is 5.75 Å². The van der Waals surface area contributed by atoms with Crippen LogP contribution < -0.4 is 10.1 Å². The Kier molecular flexibility index (Phi) is 8.21. The van der Waals surface area contributed by atoms with Crippen molar-refractivity contribution in [2.45, 2.75) is 32.8 Å². The van der Waals surface area contributed by atoms with Crippen LogP contribution in [0.1, 0.15) is 36.2 Å². The highest BCUT2D eigenvalue weighted by atomic mass is 16.5. The third kappa shape index (κ3) is 7.29. The van der Waals surface area contributed by atoms with Gasteiger partial charge < -0.3 is 19.5 Å². The number of ether oxygens (including phenoxy) is 3. The smallest absolute Gasteiger partial charge is 0.338 e. The van der Waals surface area contributed by atoms with E-state index in [-0.39, 0.29) is 19.1 Å². The highest BCUT2D eigenvalue weighted by molar-refractivity contribution is 5.94. The SMILES string of the molecule is COc1ccccc1CCC(=O)OCC(=O)Nc1ccc(C(=O)OC(C)C)cc1. The van der Waals surface area contributed by atoms with E-state index in [2.05, 4.69) is 5.32 Å². The molecule has 1 N–H and O–H groups in total. The van der Waals surface area contributed by atoms with E-state index in [1.54, 1.807) is 45.2 Å². The third-order valence-corrected chi connectivity index (χ3v) is 3.90. The van der Waals surface area contributed by atoms with E-state index >= 15 is 0 Å². The lowest BCUT2D eigenvalue weighted by atomic mass is 10.1. The molecule has 0 aliphatic heterocycles. The normalized spacial score (nSPS) is 10.3. The largest absolute Gasteiger partial charge is 0.496 e. The maximum absolute atomic E-state index is 12.0. The van der Waals surface area contributed by atoms with Gasteiger partial charge in [-0.05, 0) is 56.2 Å². The van der Waals surface area contributed by atoms with E-state index in [0.717, 1.165) is 5.56 Å². The zero-order valence-corrected chi connectivity index (χ0v) is 16.8. The van der Waals surface area contributed by atoms with Crippen LogP contribution in [0.15, 0.2) is 48.5 Å². The molecule has 0 aliphatic rings. The van der Waals surface area contributed by atoms with Crippen molar-refractivity contribution in [3.63, 3.8) is 0 Å². The van der Waals surface area contributed by atoms with Crippen molar-refractivity contribution >= 4 is 23.5 Å². The first-order valence-electron chi connectivity index (χ1n) is 9.27. The molecule has 0 spiro atoms. The number of benzene rings is 2. The number of para-hydroxylation sites is 1. The predicted octanol–water partition coefficient (Wildman–Crippen LogP) is 3.37. The fourth-order valence-electron chi connectivity index (χ4n) is 2.53. The number of rotatable bonds is 9. The molecule has 0 heterocycles. The van der Waals surface area contributed by atoms with Crippen LogP contribution in [0.25, 0.3) is 0 Å². The summed E-state index contributed by atoms with van der Waals surface area (Å²) in [5.74, 6) is -0.661. The first-order valence-corrected chi connectivity index (χ1v) is 9.27. The zero-order chi connectivity index (χ0) is 21.2. The number of hydrogen-bond acceptors (Lipinski definition) is 6. The number of hydrogen-bond donors (Lipinski definition) is 1. The molecular weight excluding hydrogens is 374 g/mol. The summed E-state index contributed by atoms with van der Waals surface area (Å²) in [6.45, 7) is 3.15. The molecule has 2 rings (SSSR count). The molecular formula is C22H25NO6. The van der Waals surface area contributed by atoms with Gasteiger partial charge in [0.2, 0.25) is 0 Å². The Hall–Kier alpha value is -3.35. The van der Waals surface area contributed by atoms with Crippen LogP contribution in [0.2, 0.25) is 0 Å². The predicted molar refractivity (Wildman–Crippen MR) is 108 cm³/mol. The average Bonchev–Trinajstić information content (AvgIpc) is 2.71. The Morgan fingerprint density at radius 2 is 1.69 bits per heavy atom. The fraction of sp³-hybridized carbons (Fsp3) is 0.318. The number of carbonyl (C=O) groups is 3. The van der Waals surface area contributed by atoms with Crippen molar-refractivity contribution in [2.24, 2.45) is 0 Å². The van der Waals surface area contributed by atoms with Crippen LogP contribution in [-0.2, 0) is 25.5 Å². The van der Waals surface area contributed by atoms with Gasteiger partial charge in [0.25, 0.3) is 5.91 Å². The summed E-state index contributed by atoms with van der Waals surface area (Å²) in [6.07, 6.45) is 0.387. The van der Waals surface area contributed by atoms with Crippen LogP contribution in [0.5, 0.6) is 5.75 Å². The number of amides is 1. The first-order chi connectivity index (χ1) is 13.9. The molecule has 0 fully saturated rings. The van der Waals surface area contributed by atoms with Crippen molar-refractivity contribution < 1.29 is 28.6 Å². The summed E-state index contributed by atoms with van der Waals surface area (Å²) in [6, 6.07) is 13.7. The molecule has 2 aromatic rings. The summed E-state index contributed by atoms with van der Waals surface area (Å²) in [4.78, 5) is 35.6. The average molecular weight is 399 g/mol. The zero-order valence-electron chi connectivity index (χ0n) is 16.8. The molecule has 0 aromatic heterocycles. The highest BCUT2D eigenvalue weighted by Crippen LogP contribution is 2.19. The summed E-state index contributed by atoms with van der Waals surface area (Å²) >= 11 is 0. The van der Waals surface area contributed by atoms with Gasteiger partial charge in [0, 0.05) is 12.1 Å². The highest BCUT2D eigenvalue weighted by Gasteiger charge is 2.12. The van der Waals surface area contributed by atoms with Crippen molar-refractivity contribution in [1.82, 2.24) is 0 Å². The van der Waals surface area contributed by atoms with Crippen LogP contribution in [0.4, 0.5) is 5.69 Å². The molecule has 0 aliphatic carbocycles. The van der Waals surface area contributed by atoms with Crippen molar-refractivity contribution in [1.29, 1.82) is 0 Å². The lowest BCUT2D eigenvalue weighted by molar-refractivity contribution is -0.147. The topological polar surface area (TPSA) is 90.9 Å². The van der Waals surface area contributed by atoms with Crippen LogP contribution in [0, 0.1) is 0 Å². The molecule has 7 nitrogen and oxygen atoms in total. The van der Waals surface area contributed by atoms with Crippen LogP contribution >= 0.6 is 0 Å². The van der Waals surface area contributed by atoms with Gasteiger partial charge in [-0.3, -0.25) is 9.59 Å². The lowest BCUT2D eigenvalue weighted by Crippen LogP contribution is -2.21. The second kappa shape index (κ2) is 10.8. The molecule has 0 radical (unpaired) electrons. The monoisotopic (exact) mass is 399 g/mol. The molecule has 2 aromatic carbocycles. The Balaban J connectivity index is 1.76. The number of methoxy groups -OCH3 is 1. The standard InChI is InChI=1S/C22H25NO6/c1-15(2)29-22(26)17-8-11-18(12-9-17)23-20(24)14-28-21(25)13-10-16-6-4-5-7-19(16)27-3/h4-9,11-12,15H,10,13-14H2,1-3H3,(H,23,24). The quantitative estimate of drug-likeness (QED) is 0.650. The number of anilines is 1. The Bertz CT molecular complexity index is 845. The number of nitrogens with one attached hydrogen (secondary N) is 1. The first kappa shape index (κ1) is 21.9. The van der Waals surface area contributed by atoms with E-state index in [4.69, 9.17) is 14.2 Å². The molecule has 154 valence electrons. The number of aryl methyl sites for hydroxylation is 1. The minimum Gasteiger partial charge on any atom is -0.496 e. The molecule has 1 amide bonds. The summed E-state index contributed by atoms with van der Waals surface area (Å²) < 4.78 is 15.3. The minimum atomic E-state index is -0.474. The molecule has 7 heteroatoms. The maximum atomic E-state index is 12.0. The van der Waals surface area contributed by atoms with Gasteiger partial charge >= 0.3 is 11.9 Å². The van der Waals surface area contributed by atoms with Gasteiger partial charge in [0.05, 0.1) is 18.8 Å². The van der Waals surface area contributed by atoms with Gasteiger partial charge in [0.1, 0.15) is 5.75 Å². The van der Waals surface area contributed by atoms with Gasteiger partial charge in [-0.15, -0.1) is 0 Å². The molecule has 0 saturated carbocycles. The Morgan fingerprint density at radius 3 is 2.34 bits per heavy atom. The third-order valence-electron chi connectivity index (χ3n) is 3.90. The minimum absolute atomic E-state index is 0.139. The second-order valence-electron chi connectivity index (χ2n) is 6.55. The van der Waals surface area contributed by atoms with E-state index in [1.807, 2.05) is 24.3 Å². The lowest BCUT2D eigenvalue weighted by Gasteiger charge is -2.10. The van der Waals surface area contributed by atoms with E-state index < -0.39 is 17.8 Å². The fourth-order valence-corrected chi connectivity index (χ4v) is 2.53. The second-order valence-corrected chi connectivity index (χ2v) is 6.55. The van der Waals surface area contributed by atoms with Crippen molar-refractivity contribution in [2.75, 3.05) is 19.0 Å². The van der Waals surface area contributed by atoms with Gasteiger partial charge in [0.15, 0.2) is 6.61 Å². The molecule has 0 unspecified atom stereocenters. The van der Waals surface area contributed by atoms with Crippen LogP contribution in [-0.4, -0.2) is 37.7 Å². The Morgan fingerprint density at radius 1 is 1.00 bits per heavy atom. The van der Waals surface area contributed by atoms with Gasteiger partial charge in [-0.2, -0.15) is 0 Å². The van der Waals surface area contributed by atoms with E-state index in [1.165, 1.54) is 0 Å². The molecule has 29 heavy (non-hydrogen) atoms. The van der Waals surface area contributed by atoms with Crippen LogP contribution in [0.3, 0.4) is 0 Å². The van der Waals surface area contributed by atoms with E-state index in [0.29, 0.717) is 23.4 Å². The summed E-state index contributed by atoms with van der Waals surface area (Å²) in [7, 11) is 1.57.